The summed E-state index contributed by atoms with van der Waals surface area (Å²) in [5.41, 5.74) is 7.54. The summed E-state index contributed by atoms with van der Waals surface area (Å²) in [6.07, 6.45) is 1.21. The second-order valence-electron chi connectivity index (χ2n) is 5.45. The summed E-state index contributed by atoms with van der Waals surface area (Å²) in [5, 5.41) is 13.8. The molecule has 1 aliphatic rings. The zero-order valence-corrected chi connectivity index (χ0v) is 13.3. The van der Waals surface area contributed by atoms with Crippen LogP contribution in [0.4, 0.5) is 11.8 Å². The SMILES string of the molecule is Nc1nc(NCc2ccc(Cl)cc2Cl)cc(C2CC(O)C2)n1. The number of anilines is 2. The highest BCUT2D eigenvalue weighted by atomic mass is 35.5. The zero-order chi connectivity index (χ0) is 15.7. The maximum atomic E-state index is 9.41. The minimum atomic E-state index is -0.231. The van der Waals surface area contributed by atoms with Gasteiger partial charge in [-0.3, -0.25) is 0 Å². The van der Waals surface area contributed by atoms with Crippen LogP contribution >= 0.6 is 23.2 Å². The summed E-state index contributed by atoms with van der Waals surface area (Å²) < 4.78 is 0. The lowest BCUT2D eigenvalue weighted by molar-refractivity contribution is 0.0732. The number of aliphatic hydroxyl groups is 1. The first kappa shape index (κ1) is 15.3. The minimum absolute atomic E-state index is 0.226. The van der Waals surface area contributed by atoms with Crippen LogP contribution in [0.25, 0.3) is 0 Å². The lowest BCUT2D eigenvalue weighted by atomic mass is 9.80. The topological polar surface area (TPSA) is 84.1 Å². The van der Waals surface area contributed by atoms with Crippen molar-refractivity contribution < 1.29 is 5.11 Å². The smallest absolute Gasteiger partial charge is 0.222 e. The second kappa shape index (κ2) is 6.28. The largest absolute Gasteiger partial charge is 0.393 e. The molecule has 1 heterocycles. The normalized spacial score (nSPS) is 20.5. The average Bonchev–Trinajstić information content (AvgIpc) is 2.42. The Kier molecular flexibility index (Phi) is 4.38. The van der Waals surface area contributed by atoms with Crippen LogP contribution < -0.4 is 11.1 Å². The number of halogens is 2. The van der Waals surface area contributed by atoms with Gasteiger partial charge >= 0.3 is 0 Å². The number of nitrogen functional groups attached to an aromatic ring is 1. The van der Waals surface area contributed by atoms with Crippen LogP contribution in [0.3, 0.4) is 0 Å². The highest BCUT2D eigenvalue weighted by Crippen LogP contribution is 2.36. The third kappa shape index (κ3) is 3.43. The summed E-state index contributed by atoms with van der Waals surface area (Å²) in [6.45, 7) is 0.513. The van der Waals surface area contributed by atoms with E-state index < -0.39 is 0 Å². The number of rotatable bonds is 4. The molecule has 2 aromatic rings. The van der Waals surface area contributed by atoms with E-state index in [1.165, 1.54) is 0 Å². The molecule has 0 saturated heterocycles. The van der Waals surface area contributed by atoms with Crippen molar-refractivity contribution in [3.63, 3.8) is 0 Å². The molecule has 0 amide bonds. The van der Waals surface area contributed by atoms with Crippen molar-refractivity contribution >= 4 is 35.0 Å². The standard InChI is InChI=1S/C15H16Cl2N4O/c16-10-2-1-8(12(17)5-10)7-19-14-6-13(20-15(18)21-14)9-3-11(22)4-9/h1-2,5-6,9,11,22H,3-4,7H2,(H3,18,19,20,21). The van der Waals surface area contributed by atoms with Crippen molar-refractivity contribution in [1.82, 2.24) is 9.97 Å². The van der Waals surface area contributed by atoms with Crippen molar-refractivity contribution in [3.05, 3.63) is 45.6 Å². The molecule has 0 atom stereocenters. The third-order valence-electron chi connectivity index (χ3n) is 3.77. The molecule has 4 N–H and O–H groups in total. The van der Waals surface area contributed by atoms with Gasteiger partial charge in [0.2, 0.25) is 5.95 Å². The Morgan fingerprint density at radius 2 is 2.00 bits per heavy atom. The Labute approximate surface area is 138 Å². The fourth-order valence-electron chi connectivity index (χ4n) is 2.47. The first-order valence-electron chi connectivity index (χ1n) is 7.01. The fourth-order valence-corrected chi connectivity index (χ4v) is 2.94. The van der Waals surface area contributed by atoms with Crippen LogP contribution in [0.15, 0.2) is 24.3 Å². The van der Waals surface area contributed by atoms with Gasteiger partial charge in [0.25, 0.3) is 0 Å². The Morgan fingerprint density at radius 3 is 2.68 bits per heavy atom. The van der Waals surface area contributed by atoms with E-state index in [1.54, 1.807) is 12.1 Å². The van der Waals surface area contributed by atoms with Crippen LogP contribution in [-0.2, 0) is 6.54 Å². The van der Waals surface area contributed by atoms with E-state index >= 15 is 0 Å². The molecule has 1 fully saturated rings. The molecule has 5 nitrogen and oxygen atoms in total. The Hall–Kier alpha value is -1.56. The summed E-state index contributed by atoms with van der Waals surface area (Å²) in [6, 6.07) is 7.23. The fraction of sp³-hybridized carbons (Fsp3) is 0.333. The van der Waals surface area contributed by atoms with Gasteiger partial charge in [0, 0.05) is 28.6 Å². The first-order chi connectivity index (χ1) is 10.5. The van der Waals surface area contributed by atoms with Crippen molar-refractivity contribution in [3.8, 4) is 0 Å². The molecule has 1 aliphatic carbocycles. The third-order valence-corrected chi connectivity index (χ3v) is 4.36. The predicted octanol–water partition coefficient (Wildman–Crippen LogP) is 3.22. The van der Waals surface area contributed by atoms with E-state index in [0.717, 1.165) is 24.1 Å². The highest BCUT2D eigenvalue weighted by molar-refractivity contribution is 6.35. The van der Waals surface area contributed by atoms with E-state index in [0.29, 0.717) is 22.4 Å². The molecule has 0 bridgehead atoms. The lowest BCUT2D eigenvalue weighted by Crippen LogP contribution is -2.27. The Bertz CT molecular complexity index is 689. The minimum Gasteiger partial charge on any atom is -0.393 e. The molecule has 7 heteroatoms. The summed E-state index contributed by atoms with van der Waals surface area (Å²) in [7, 11) is 0. The number of nitrogens with zero attached hydrogens (tertiary/aromatic N) is 2. The van der Waals surface area contributed by atoms with Gasteiger partial charge in [0.1, 0.15) is 5.82 Å². The van der Waals surface area contributed by atoms with Gasteiger partial charge < -0.3 is 16.2 Å². The number of nitrogens with one attached hydrogen (secondary N) is 1. The highest BCUT2D eigenvalue weighted by Gasteiger charge is 2.30. The van der Waals surface area contributed by atoms with Crippen LogP contribution in [0.1, 0.15) is 30.0 Å². The van der Waals surface area contributed by atoms with Gasteiger partial charge in [-0.25, -0.2) is 4.98 Å². The van der Waals surface area contributed by atoms with E-state index in [2.05, 4.69) is 15.3 Å². The van der Waals surface area contributed by atoms with Crippen LogP contribution in [0, 0.1) is 0 Å². The molecular weight excluding hydrogens is 323 g/mol. The number of aliphatic hydroxyl groups excluding tert-OH is 1. The summed E-state index contributed by atoms with van der Waals surface area (Å²) in [5.74, 6) is 1.12. The van der Waals surface area contributed by atoms with E-state index in [9.17, 15) is 5.11 Å². The molecule has 116 valence electrons. The summed E-state index contributed by atoms with van der Waals surface area (Å²) >= 11 is 12.0. The molecule has 0 aliphatic heterocycles. The van der Waals surface area contributed by atoms with Gasteiger partial charge in [0.15, 0.2) is 0 Å². The number of aromatic nitrogens is 2. The van der Waals surface area contributed by atoms with Crippen LogP contribution in [0.2, 0.25) is 10.0 Å². The van der Waals surface area contributed by atoms with E-state index in [-0.39, 0.29) is 18.0 Å². The molecule has 0 radical (unpaired) electrons. The molecule has 0 spiro atoms. The van der Waals surface area contributed by atoms with Crippen molar-refractivity contribution in [2.45, 2.75) is 31.4 Å². The van der Waals surface area contributed by atoms with Crippen LogP contribution in [-0.4, -0.2) is 21.2 Å². The van der Waals surface area contributed by atoms with Gasteiger partial charge in [0.05, 0.1) is 11.8 Å². The molecule has 1 aromatic carbocycles. The maximum absolute atomic E-state index is 9.41. The van der Waals surface area contributed by atoms with E-state index in [4.69, 9.17) is 28.9 Å². The molecule has 0 unspecified atom stereocenters. The first-order valence-corrected chi connectivity index (χ1v) is 7.77. The van der Waals surface area contributed by atoms with Crippen molar-refractivity contribution in [2.24, 2.45) is 0 Å². The van der Waals surface area contributed by atoms with E-state index in [1.807, 2.05) is 12.1 Å². The number of hydrogen-bond acceptors (Lipinski definition) is 5. The Morgan fingerprint density at radius 1 is 1.23 bits per heavy atom. The number of benzene rings is 1. The molecule has 1 saturated carbocycles. The second-order valence-corrected chi connectivity index (χ2v) is 6.29. The predicted molar refractivity (Wildman–Crippen MR) is 88.2 cm³/mol. The number of hydrogen-bond donors (Lipinski definition) is 3. The van der Waals surface area contributed by atoms with Gasteiger partial charge in [-0.1, -0.05) is 29.3 Å². The average molecular weight is 339 g/mol. The molecule has 3 rings (SSSR count). The quantitative estimate of drug-likeness (QED) is 0.797. The monoisotopic (exact) mass is 338 g/mol. The summed E-state index contributed by atoms with van der Waals surface area (Å²) in [4.78, 5) is 8.43. The van der Waals surface area contributed by atoms with Gasteiger partial charge in [-0.15, -0.1) is 0 Å². The zero-order valence-electron chi connectivity index (χ0n) is 11.8. The molecule has 22 heavy (non-hydrogen) atoms. The molecular formula is C15H16Cl2N4O. The van der Waals surface area contributed by atoms with Gasteiger partial charge in [-0.2, -0.15) is 4.98 Å². The molecule has 1 aromatic heterocycles. The maximum Gasteiger partial charge on any atom is 0.222 e. The Balaban J connectivity index is 1.72. The van der Waals surface area contributed by atoms with Crippen molar-refractivity contribution in [2.75, 3.05) is 11.1 Å². The number of nitrogens with two attached hydrogens (primary N) is 1. The van der Waals surface area contributed by atoms with Gasteiger partial charge in [-0.05, 0) is 30.5 Å². The lowest BCUT2D eigenvalue weighted by Gasteiger charge is -2.30. The van der Waals surface area contributed by atoms with Crippen molar-refractivity contribution in [1.29, 1.82) is 0 Å². The van der Waals surface area contributed by atoms with Crippen LogP contribution in [0.5, 0.6) is 0 Å².